The van der Waals surface area contributed by atoms with Gasteiger partial charge in [-0.15, -0.1) is 0 Å². The van der Waals surface area contributed by atoms with E-state index in [-0.39, 0.29) is 17.3 Å². The van der Waals surface area contributed by atoms with Gasteiger partial charge in [-0.25, -0.2) is 9.59 Å². The van der Waals surface area contributed by atoms with Crippen molar-refractivity contribution in [1.29, 1.82) is 0 Å². The van der Waals surface area contributed by atoms with Gasteiger partial charge in [0.15, 0.2) is 5.57 Å². The molecule has 1 aliphatic heterocycles. The Morgan fingerprint density at radius 2 is 1.80 bits per heavy atom. The minimum Gasteiger partial charge on any atom is -0.419 e. The molecular weight excluding hydrogens is 346 g/mol. The lowest BCUT2D eigenvalue weighted by Crippen LogP contribution is -2.44. The largest absolute Gasteiger partial charge is 0.419 e. The summed E-state index contributed by atoms with van der Waals surface area (Å²) in [6.07, 6.45) is 0.608. The molecule has 25 heavy (non-hydrogen) atoms. The number of rotatable bonds is 7. The van der Waals surface area contributed by atoms with Gasteiger partial charge in [-0.1, -0.05) is 0 Å². The number of carbonyl (C=O) groups excluding carboxylic acids is 3. The number of hydrogen-bond acceptors (Lipinski definition) is 8. The summed E-state index contributed by atoms with van der Waals surface area (Å²) in [4.78, 5) is 35.4. The number of ether oxygens (including phenoxy) is 2. The number of nitrogens with one attached hydrogen (secondary N) is 3. The van der Waals surface area contributed by atoms with Gasteiger partial charge >= 0.3 is 11.9 Å². The molecule has 1 saturated heterocycles. The van der Waals surface area contributed by atoms with Crippen molar-refractivity contribution in [3.63, 3.8) is 0 Å². The maximum atomic E-state index is 12.3. The van der Waals surface area contributed by atoms with Crippen LogP contribution >= 0.6 is 11.3 Å². The van der Waals surface area contributed by atoms with E-state index in [2.05, 4.69) is 16.0 Å². The molecule has 3 N–H and O–H groups in total. The van der Waals surface area contributed by atoms with Crippen LogP contribution in [0.15, 0.2) is 28.2 Å². The Bertz CT molecular complexity index is 660. The predicted molar refractivity (Wildman–Crippen MR) is 92.5 cm³/mol. The highest BCUT2D eigenvalue weighted by Gasteiger charge is 2.41. The van der Waals surface area contributed by atoms with Crippen LogP contribution in [-0.4, -0.2) is 36.7 Å². The Morgan fingerprint density at radius 3 is 2.36 bits per heavy atom. The number of amides is 1. The van der Waals surface area contributed by atoms with Crippen LogP contribution in [0.4, 0.5) is 5.69 Å². The Labute approximate surface area is 149 Å². The Kier molecular flexibility index (Phi) is 6.02. The van der Waals surface area contributed by atoms with E-state index in [4.69, 9.17) is 9.47 Å². The van der Waals surface area contributed by atoms with Gasteiger partial charge in [0.25, 0.3) is 5.79 Å². The number of carbonyl (C=O) groups is 3. The third kappa shape index (κ3) is 5.49. The average Bonchev–Trinajstić information content (AvgIpc) is 2.97. The lowest BCUT2D eigenvalue weighted by molar-refractivity contribution is -0.222. The first-order valence-corrected chi connectivity index (χ1v) is 8.71. The monoisotopic (exact) mass is 367 g/mol. The number of anilines is 1. The molecule has 0 atom stereocenters. The second-order valence-corrected chi connectivity index (χ2v) is 6.61. The highest BCUT2D eigenvalue weighted by Crippen LogP contribution is 2.25. The second-order valence-electron chi connectivity index (χ2n) is 5.83. The summed E-state index contributed by atoms with van der Waals surface area (Å²) in [7, 11) is 0. The molecule has 0 aromatic carbocycles. The van der Waals surface area contributed by atoms with Crippen LogP contribution in [0.1, 0.15) is 27.2 Å². The Morgan fingerprint density at radius 1 is 1.16 bits per heavy atom. The number of hydrogen-bond donors (Lipinski definition) is 3. The van der Waals surface area contributed by atoms with Gasteiger partial charge in [0.05, 0.1) is 5.69 Å². The van der Waals surface area contributed by atoms with Gasteiger partial charge in [0.1, 0.15) is 5.82 Å². The zero-order chi connectivity index (χ0) is 18.4. The third-order valence-electron chi connectivity index (χ3n) is 3.16. The minimum absolute atomic E-state index is 0.114. The standard InChI is InChI=1S/C16H21N3O5S/c1-10(20)17-6-4-7-18-13(19-11-5-8-25-9-11)12-14(21)23-16(2,3)24-15(12)22/h5,8-9,18-19H,4,6-7H2,1-3H3,(H,17,20). The molecule has 0 bridgehead atoms. The van der Waals surface area contributed by atoms with Crippen molar-refractivity contribution in [2.45, 2.75) is 33.0 Å². The topological polar surface area (TPSA) is 106 Å². The van der Waals surface area contributed by atoms with Gasteiger partial charge < -0.3 is 25.4 Å². The highest BCUT2D eigenvalue weighted by atomic mass is 32.1. The molecule has 1 aliphatic rings. The van der Waals surface area contributed by atoms with E-state index in [0.717, 1.165) is 5.69 Å². The molecule has 0 unspecified atom stereocenters. The first kappa shape index (κ1) is 18.8. The van der Waals surface area contributed by atoms with E-state index >= 15 is 0 Å². The smallest absolute Gasteiger partial charge is 0.352 e. The van der Waals surface area contributed by atoms with Crippen molar-refractivity contribution in [1.82, 2.24) is 10.6 Å². The van der Waals surface area contributed by atoms with Gasteiger partial charge in [-0.2, -0.15) is 11.3 Å². The number of cyclic esters (lactones) is 2. The summed E-state index contributed by atoms with van der Waals surface area (Å²) in [6.45, 7) is 5.33. The fourth-order valence-corrected chi connectivity index (χ4v) is 2.69. The zero-order valence-electron chi connectivity index (χ0n) is 14.3. The molecule has 0 saturated carbocycles. The van der Waals surface area contributed by atoms with Crippen LogP contribution in [0, 0.1) is 0 Å². The summed E-state index contributed by atoms with van der Waals surface area (Å²) in [6, 6.07) is 1.81. The summed E-state index contributed by atoms with van der Waals surface area (Å²) in [5, 5.41) is 12.4. The minimum atomic E-state index is -1.30. The van der Waals surface area contributed by atoms with Crippen molar-refractivity contribution in [2.24, 2.45) is 0 Å². The number of thiophene rings is 1. The molecule has 1 fully saturated rings. The average molecular weight is 367 g/mol. The van der Waals surface area contributed by atoms with Crippen molar-refractivity contribution < 1.29 is 23.9 Å². The van der Waals surface area contributed by atoms with Crippen LogP contribution in [0.5, 0.6) is 0 Å². The van der Waals surface area contributed by atoms with Crippen LogP contribution in [-0.2, 0) is 23.9 Å². The van der Waals surface area contributed by atoms with Crippen molar-refractivity contribution in [3.8, 4) is 0 Å². The summed E-state index contributed by atoms with van der Waals surface area (Å²) >= 11 is 1.47. The van der Waals surface area contributed by atoms with Crippen LogP contribution in [0.25, 0.3) is 0 Å². The van der Waals surface area contributed by atoms with Crippen molar-refractivity contribution in [3.05, 3.63) is 28.2 Å². The second kappa shape index (κ2) is 8.02. The SMILES string of the molecule is CC(=O)NCCCNC(Nc1ccsc1)=C1C(=O)OC(C)(C)OC1=O. The third-order valence-corrected chi connectivity index (χ3v) is 3.84. The van der Waals surface area contributed by atoms with Crippen LogP contribution < -0.4 is 16.0 Å². The van der Waals surface area contributed by atoms with Crippen molar-refractivity contribution in [2.75, 3.05) is 18.4 Å². The van der Waals surface area contributed by atoms with E-state index in [9.17, 15) is 14.4 Å². The molecule has 1 amide bonds. The summed E-state index contributed by atoms with van der Waals surface area (Å²) < 4.78 is 10.3. The molecule has 2 rings (SSSR count). The van der Waals surface area contributed by atoms with Gasteiger partial charge in [-0.05, 0) is 17.9 Å². The molecule has 1 aromatic rings. The molecule has 8 nitrogen and oxygen atoms in total. The number of esters is 2. The maximum absolute atomic E-state index is 12.3. The fraction of sp³-hybridized carbons (Fsp3) is 0.438. The molecule has 1 aromatic heterocycles. The molecule has 0 aliphatic carbocycles. The maximum Gasteiger partial charge on any atom is 0.352 e. The molecule has 2 heterocycles. The molecule has 0 spiro atoms. The lowest BCUT2D eigenvalue weighted by Gasteiger charge is -2.31. The van der Waals surface area contributed by atoms with Gasteiger partial charge in [0.2, 0.25) is 5.91 Å². The zero-order valence-corrected chi connectivity index (χ0v) is 15.1. The lowest BCUT2D eigenvalue weighted by atomic mass is 10.2. The first-order valence-electron chi connectivity index (χ1n) is 7.77. The summed E-state index contributed by atoms with van der Waals surface area (Å²) in [5.74, 6) is -2.71. The highest BCUT2D eigenvalue weighted by molar-refractivity contribution is 7.08. The molecular formula is C16H21N3O5S. The predicted octanol–water partition coefficient (Wildman–Crippen LogP) is 1.32. The van der Waals surface area contributed by atoms with Crippen molar-refractivity contribution >= 4 is 34.9 Å². The Balaban J connectivity index is 2.14. The van der Waals surface area contributed by atoms with E-state index < -0.39 is 17.7 Å². The van der Waals surface area contributed by atoms with Crippen LogP contribution in [0.2, 0.25) is 0 Å². The van der Waals surface area contributed by atoms with E-state index in [1.165, 1.54) is 32.1 Å². The summed E-state index contributed by atoms with van der Waals surface area (Å²) in [5.41, 5.74) is 0.511. The normalized spacial score (nSPS) is 15.9. The first-order chi connectivity index (χ1) is 11.8. The van der Waals surface area contributed by atoms with E-state index in [1.807, 2.05) is 16.8 Å². The van der Waals surface area contributed by atoms with Gasteiger partial charge in [0, 0.05) is 39.2 Å². The van der Waals surface area contributed by atoms with E-state index in [0.29, 0.717) is 19.5 Å². The molecule has 9 heteroatoms. The van der Waals surface area contributed by atoms with E-state index in [1.54, 1.807) is 0 Å². The molecule has 136 valence electrons. The quantitative estimate of drug-likeness (QED) is 0.289. The fourth-order valence-electron chi connectivity index (χ4n) is 2.10. The van der Waals surface area contributed by atoms with Crippen LogP contribution in [0.3, 0.4) is 0 Å². The molecule has 0 radical (unpaired) electrons. The Hall–Kier alpha value is -2.55. The van der Waals surface area contributed by atoms with Gasteiger partial charge in [-0.3, -0.25) is 4.79 Å².